The maximum absolute atomic E-state index is 12.9. The van der Waals surface area contributed by atoms with Crippen molar-refractivity contribution >= 4 is 17.9 Å². The molecule has 0 aromatic rings. The van der Waals surface area contributed by atoms with Crippen LogP contribution in [0.5, 0.6) is 0 Å². The van der Waals surface area contributed by atoms with Crippen LogP contribution in [0.1, 0.15) is 278 Å². The summed E-state index contributed by atoms with van der Waals surface area (Å²) in [6, 6.07) is 0. The maximum atomic E-state index is 12.9. The van der Waals surface area contributed by atoms with Crippen LogP contribution >= 0.6 is 0 Å². The standard InChI is InChI=1S/C63H108O6/c1-4-7-10-13-16-19-22-25-28-30-31-33-35-38-41-44-47-50-53-56-62(65)68-59-60(58-67-61(64)55-52-49-46-43-40-37-34-27-24-21-18-15-12-9-6-3)69-63(66)57-54-51-48-45-42-39-36-32-29-26-23-20-17-14-11-8-5-2/h7,10,16,18-19,21,24-29,31,33,60H,4-6,8-9,11-15,17,20,22-23,30,32,34-59H2,1-3H3/b10-7-,19-16-,21-18-,27-24-,28-25-,29-26-,33-31-. The lowest BCUT2D eigenvalue weighted by atomic mass is 10.1. The minimum absolute atomic E-state index is 0.0888. The molecule has 0 rings (SSSR count). The Kier molecular flexibility index (Phi) is 54.3. The Balaban J connectivity index is 4.43. The fourth-order valence-corrected chi connectivity index (χ4v) is 8.01. The van der Waals surface area contributed by atoms with Crippen LogP contribution in [0.15, 0.2) is 85.1 Å². The molecule has 0 N–H and O–H groups in total. The van der Waals surface area contributed by atoms with Crippen LogP contribution in [0.25, 0.3) is 0 Å². The molecule has 0 spiro atoms. The fraction of sp³-hybridized carbons (Fsp3) is 0.730. The van der Waals surface area contributed by atoms with Gasteiger partial charge in [-0.2, -0.15) is 0 Å². The predicted octanol–water partition coefficient (Wildman–Crippen LogP) is 19.5. The second-order valence-electron chi connectivity index (χ2n) is 19.2. The Morgan fingerprint density at radius 2 is 0.609 bits per heavy atom. The minimum atomic E-state index is -0.791. The minimum Gasteiger partial charge on any atom is -0.462 e. The van der Waals surface area contributed by atoms with Crippen molar-refractivity contribution in [2.45, 2.75) is 284 Å². The zero-order valence-corrected chi connectivity index (χ0v) is 45.3. The molecule has 0 aliphatic heterocycles. The van der Waals surface area contributed by atoms with Crippen LogP contribution in [-0.2, 0) is 28.6 Å². The summed E-state index contributed by atoms with van der Waals surface area (Å²) in [5.41, 5.74) is 0. The topological polar surface area (TPSA) is 78.9 Å². The summed E-state index contributed by atoms with van der Waals surface area (Å²) < 4.78 is 16.9. The molecule has 396 valence electrons. The van der Waals surface area contributed by atoms with Crippen molar-refractivity contribution in [2.24, 2.45) is 0 Å². The molecule has 0 radical (unpaired) electrons. The number of hydrogen-bond acceptors (Lipinski definition) is 6. The van der Waals surface area contributed by atoms with E-state index in [4.69, 9.17) is 14.2 Å². The molecule has 69 heavy (non-hydrogen) atoms. The number of allylic oxidation sites excluding steroid dienone is 14. The maximum Gasteiger partial charge on any atom is 0.306 e. The molecule has 1 unspecified atom stereocenters. The average molecular weight is 962 g/mol. The molecule has 6 nitrogen and oxygen atoms in total. The van der Waals surface area contributed by atoms with E-state index in [1.54, 1.807) is 0 Å². The van der Waals surface area contributed by atoms with Gasteiger partial charge in [0.1, 0.15) is 13.2 Å². The van der Waals surface area contributed by atoms with E-state index in [-0.39, 0.29) is 31.1 Å². The Morgan fingerprint density at radius 3 is 1.01 bits per heavy atom. The van der Waals surface area contributed by atoms with Gasteiger partial charge < -0.3 is 14.2 Å². The van der Waals surface area contributed by atoms with E-state index in [0.29, 0.717) is 19.3 Å². The molecule has 0 aliphatic rings. The van der Waals surface area contributed by atoms with E-state index in [9.17, 15) is 14.4 Å². The molecule has 6 heteroatoms. The first kappa shape index (κ1) is 65.6. The van der Waals surface area contributed by atoms with Gasteiger partial charge in [-0.1, -0.05) is 234 Å². The number of ether oxygens (including phenoxy) is 3. The van der Waals surface area contributed by atoms with E-state index in [2.05, 4.69) is 106 Å². The molecule has 0 amide bonds. The van der Waals surface area contributed by atoms with Crippen molar-refractivity contribution in [3.05, 3.63) is 85.1 Å². The molecule has 0 fully saturated rings. The zero-order valence-electron chi connectivity index (χ0n) is 45.3. The van der Waals surface area contributed by atoms with Crippen molar-refractivity contribution in [1.82, 2.24) is 0 Å². The molecule has 0 bridgehead atoms. The largest absolute Gasteiger partial charge is 0.462 e. The number of rotatable bonds is 52. The van der Waals surface area contributed by atoms with Crippen LogP contribution in [0.3, 0.4) is 0 Å². The summed E-state index contributed by atoms with van der Waals surface area (Å²) in [5.74, 6) is -0.911. The molecule has 1 atom stereocenters. The highest BCUT2D eigenvalue weighted by Crippen LogP contribution is 2.15. The third-order valence-electron chi connectivity index (χ3n) is 12.4. The summed E-state index contributed by atoms with van der Waals surface area (Å²) in [4.78, 5) is 38.2. The van der Waals surface area contributed by atoms with Gasteiger partial charge in [0, 0.05) is 19.3 Å². The van der Waals surface area contributed by atoms with E-state index in [0.717, 1.165) is 96.3 Å². The first-order valence-electron chi connectivity index (χ1n) is 29.1. The summed E-state index contributed by atoms with van der Waals surface area (Å²) in [5, 5.41) is 0. The third kappa shape index (κ3) is 55.4. The van der Waals surface area contributed by atoms with E-state index in [1.807, 2.05) is 0 Å². The lowest BCUT2D eigenvalue weighted by Gasteiger charge is -2.18. The van der Waals surface area contributed by atoms with Gasteiger partial charge in [0.05, 0.1) is 0 Å². The van der Waals surface area contributed by atoms with Gasteiger partial charge in [-0.25, -0.2) is 0 Å². The first-order valence-corrected chi connectivity index (χ1v) is 29.1. The summed E-state index contributed by atoms with van der Waals surface area (Å²) in [7, 11) is 0. The highest BCUT2D eigenvalue weighted by molar-refractivity contribution is 5.71. The Labute approximate surface area is 426 Å². The normalized spacial score (nSPS) is 12.7. The summed E-state index contributed by atoms with van der Waals surface area (Å²) in [6.07, 6.45) is 74.2. The number of unbranched alkanes of at least 4 members (excludes halogenated alkanes) is 28. The Morgan fingerprint density at radius 1 is 0.319 bits per heavy atom. The van der Waals surface area contributed by atoms with Crippen molar-refractivity contribution in [3.8, 4) is 0 Å². The van der Waals surface area contributed by atoms with Gasteiger partial charge in [0.25, 0.3) is 0 Å². The van der Waals surface area contributed by atoms with Crippen molar-refractivity contribution < 1.29 is 28.6 Å². The van der Waals surface area contributed by atoms with Crippen molar-refractivity contribution in [2.75, 3.05) is 13.2 Å². The smallest absolute Gasteiger partial charge is 0.306 e. The average Bonchev–Trinajstić information content (AvgIpc) is 3.35. The quantitative estimate of drug-likeness (QED) is 0.0199. The van der Waals surface area contributed by atoms with Gasteiger partial charge in [0.2, 0.25) is 0 Å². The van der Waals surface area contributed by atoms with E-state index in [1.165, 1.54) is 141 Å². The second kappa shape index (κ2) is 57.2. The Bertz CT molecular complexity index is 1330. The molecular weight excluding hydrogens is 853 g/mol. The van der Waals surface area contributed by atoms with Crippen LogP contribution in [-0.4, -0.2) is 37.2 Å². The molecule has 0 saturated heterocycles. The fourth-order valence-electron chi connectivity index (χ4n) is 8.01. The monoisotopic (exact) mass is 961 g/mol. The number of esters is 3. The van der Waals surface area contributed by atoms with E-state index >= 15 is 0 Å². The first-order chi connectivity index (χ1) is 34.0. The molecule has 0 aromatic heterocycles. The predicted molar refractivity (Wildman–Crippen MR) is 297 cm³/mol. The van der Waals surface area contributed by atoms with Crippen LogP contribution in [0, 0.1) is 0 Å². The van der Waals surface area contributed by atoms with E-state index < -0.39 is 6.10 Å². The third-order valence-corrected chi connectivity index (χ3v) is 12.4. The van der Waals surface area contributed by atoms with Gasteiger partial charge in [0.15, 0.2) is 6.10 Å². The van der Waals surface area contributed by atoms with Crippen molar-refractivity contribution in [1.29, 1.82) is 0 Å². The lowest BCUT2D eigenvalue weighted by molar-refractivity contribution is -0.167. The van der Waals surface area contributed by atoms with Gasteiger partial charge in [-0.05, 0) is 109 Å². The highest BCUT2D eigenvalue weighted by Gasteiger charge is 2.19. The Hall–Kier alpha value is -3.41. The van der Waals surface area contributed by atoms with Gasteiger partial charge in [-0.15, -0.1) is 0 Å². The van der Waals surface area contributed by atoms with Crippen molar-refractivity contribution in [3.63, 3.8) is 0 Å². The second-order valence-corrected chi connectivity index (χ2v) is 19.2. The number of carbonyl (C=O) groups is 3. The summed E-state index contributed by atoms with van der Waals surface area (Å²) in [6.45, 7) is 6.48. The van der Waals surface area contributed by atoms with Crippen LogP contribution in [0.4, 0.5) is 0 Å². The molecule has 0 heterocycles. The van der Waals surface area contributed by atoms with Crippen LogP contribution in [0.2, 0.25) is 0 Å². The number of hydrogen-bond donors (Lipinski definition) is 0. The molecular formula is C63H108O6. The SMILES string of the molecule is CC/C=C\C/C=C\C/C=C\C/C=C\CCCCCCCCC(=O)OCC(COC(=O)CCCCCCCC/C=C\C=C/CCCCC)OC(=O)CCCCCCCCC/C=C\CCCCCCCC. The molecule has 0 saturated carbocycles. The van der Waals surface area contributed by atoms with Gasteiger partial charge in [-0.3, -0.25) is 14.4 Å². The molecule has 0 aromatic carbocycles. The lowest BCUT2D eigenvalue weighted by Crippen LogP contribution is -2.30. The van der Waals surface area contributed by atoms with Gasteiger partial charge >= 0.3 is 17.9 Å². The zero-order chi connectivity index (χ0) is 50.0. The summed E-state index contributed by atoms with van der Waals surface area (Å²) >= 11 is 0. The van der Waals surface area contributed by atoms with Crippen LogP contribution < -0.4 is 0 Å². The highest BCUT2D eigenvalue weighted by atomic mass is 16.6. The number of carbonyl (C=O) groups excluding carboxylic acids is 3. The molecule has 0 aliphatic carbocycles.